The minimum Gasteiger partial charge on any atom is -0.356 e. The second-order valence-corrected chi connectivity index (χ2v) is 12.3. The molecule has 2 heteroatoms. The van der Waals surface area contributed by atoms with Crippen LogP contribution in [0.3, 0.4) is 0 Å². The highest BCUT2D eigenvalue weighted by atomic mass is 15.4. The molecular weight excluding hydrogens is 472 g/mol. The van der Waals surface area contributed by atoms with E-state index in [-0.39, 0.29) is 0 Å². The van der Waals surface area contributed by atoms with Crippen LogP contribution in [0.4, 0.5) is 5.69 Å². The highest BCUT2D eigenvalue weighted by Gasteiger charge is 2.26. The van der Waals surface area contributed by atoms with Gasteiger partial charge in [-0.15, -0.1) is 0 Å². The van der Waals surface area contributed by atoms with Crippen molar-refractivity contribution in [3.05, 3.63) is 42.7 Å². The van der Waals surface area contributed by atoms with Crippen molar-refractivity contribution in [1.29, 1.82) is 0 Å². The van der Waals surface area contributed by atoms with Gasteiger partial charge in [0, 0.05) is 24.6 Å². The van der Waals surface area contributed by atoms with E-state index in [4.69, 9.17) is 0 Å². The van der Waals surface area contributed by atoms with E-state index in [2.05, 4.69) is 66.4 Å². The molecule has 0 radical (unpaired) electrons. The standard InChI is InChI=1S/C37H66N2/c1-3-5-7-9-11-12-13-14-15-16-17-18-19-20-22-24-29-33-38-34-35-39(36-30-26-25-27-31-36)37(38)32-28-23-21-10-8-6-4-2/h25-27,30-31,34-35,37H,3-24,28-29,32-33H2,1-2H3. The van der Waals surface area contributed by atoms with Gasteiger partial charge in [-0.1, -0.05) is 173 Å². The maximum Gasteiger partial charge on any atom is 0.105 e. The summed E-state index contributed by atoms with van der Waals surface area (Å²) in [5.41, 5.74) is 1.34. The summed E-state index contributed by atoms with van der Waals surface area (Å²) in [6.07, 6.45) is 40.7. The van der Waals surface area contributed by atoms with Gasteiger partial charge in [0.2, 0.25) is 0 Å². The minimum absolute atomic E-state index is 0.504. The summed E-state index contributed by atoms with van der Waals surface area (Å²) in [6.45, 7) is 5.82. The molecule has 0 aromatic heterocycles. The summed E-state index contributed by atoms with van der Waals surface area (Å²) >= 11 is 0. The molecule has 1 aliphatic heterocycles. The van der Waals surface area contributed by atoms with Gasteiger partial charge in [0.05, 0.1) is 0 Å². The topological polar surface area (TPSA) is 6.48 Å². The summed E-state index contributed by atoms with van der Waals surface area (Å²) in [4.78, 5) is 5.15. The lowest BCUT2D eigenvalue weighted by Gasteiger charge is -2.33. The molecule has 1 aromatic rings. The van der Waals surface area contributed by atoms with Crippen LogP contribution >= 0.6 is 0 Å². The first-order valence-corrected chi connectivity index (χ1v) is 17.6. The third kappa shape index (κ3) is 16.4. The van der Waals surface area contributed by atoms with Crippen molar-refractivity contribution >= 4 is 5.69 Å². The fraction of sp³-hybridized carbons (Fsp3) is 0.784. The third-order valence-electron chi connectivity index (χ3n) is 8.76. The number of benzene rings is 1. The molecule has 0 saturated heterocycles. The first-order chi connectivity index (χ1) is 19.4. The largest absolute Gasteiger partial charge is 0.356 e. The first-order valence-electron chi connectivity index (χ1n) is 17.6. The maximum absolute atomic E-state index is 2.63. The molecule has 0 bridgehead atoms. The van der Waals surface area contributed by atoms with E-state index in [0.29, 0.717) is 6.17 Å². The number of para-hydroxylation sites is 1. The minimum atomic E-state index is 0.504. The zero-order chi connectivity index (χ0) is 27.6. The number of nitrogens with zero attached hydrogens (tertiary/aromatic N) is 2. The van der Waals surface area contributed by atoms with Gasteiger partial charge in [-0.3, -0.25) is 0 Å². The first kappa shape index (κ1) is 33.8. The Morgan fingerprint density at radius 3 is 1.33 bits per heavy atom. The summed E-state index contributed by atoms with van der Waals surface area (Å²) in [5.74, 6) is 0. The molecule has 224 valence electrons. The lowest BCUT2D eigenvalue weighted by Crippen LogP contribution is -2.39. The zero-order valence-electron chi connectivity index (χ0n) is 26.4. The van der Waals surface area contributed by atoms with E-state index in [1.54, 1.807) is 0 Å². The Morgan fingerprint density at radius 2 is 0.872 bits per heavy atom. The SMILES string of the molecule is CCCCCCCCCCCCCCCCCCCN1C=CN(c2ccccc2)C1CCCCCCCCC. The summed E-state index contributed by atoms with van der Waals surface area (Å²) in [7, 11) is 0. The van der Waals surface area contributed by atoms with Crippen LogP contribution in [0.15, 0.2) is 42.7 Å². The molecule has 0 spiro atoms. The molecule has 1 aromatic carbocycles. The van der Waals surface area contributed by atoms with Crippen molar-refractivity contribution in [2.24, 2.45) is 0 Å². The molecule has 39 heavy (non-hydrogen) atoms. The van der Waals surface area contributed by atoms with E-state index in [1.165, 1.54) is 173 Å². The van der Waals surface area contributed by atoms with Gasteiger partial charge < -0.3 is 9.80 Å². The van der Waals surface area contributed by atoms with Crippen molar-refractivity contribution in [3.63, 3.8) is 0 Å². The van der Waals surface area contributed by atoms with E-state index < -0.39 is 0 Å². The van der Waals surface area contributed by atoms with Crippen LogP contribution in [0.2, 0.25) is 0 Å². The Bertz CT molecular complexity index is 669. The quantitative estimate of drug-likeness (QED) is 0.103. The second-order valence-electron chi connectivity index (χ2n) is 12.3. The molecule has 2 rings (SSSR count). The Hall–Kier alpha value is -1.44. The maximum atomic E-state index is 2.63. The van der Waals surface area contributed by atoms with Crippen molar-refractivity contribution in [2.45, 2.75) is 181 Å². The van der Waals surface area contributed by atoms with E-state index >= 15 is 0 Å². The Morgan fingerprint density at radius 1 is 0.462 bits per heavy atom. The van der Waals surface area contributed by atoms with Gasteiger partial charge in [-0.25, -0.2) is 0 Å². The van der Waals surface area contributed by atoms with Crippen molar-refractivity contribution < 1.29 is 0 Å². The van der Waals surface area contributed by atoms with Gasteiger partial charge in [-0.2, -0.15) is 0 Å². The van der Waals surface area contributed by atoms with E-state index in [0.717, 1.165) is 0 Å². The van der Waals surface area contributed by atoms with Crippen LogP contribution in [0.5, 0.6) is 0 Å². The average Bonchev–Trinajstić information content (AvgIpc) is 3.37. The molecule has 2 nitrogen and oxygen atoms in total. The molecule has 1 aliphatic rings. The van der Waals surface area contributed by atoms with Crippen LogP contribution in [-0.2, 0) is 0 Å². The van der Waals surface area contributed by atoms with Gasteiger partial charge in [-0.05, 0) is 31.4 Å². The number of anilines is 1. The van der Waals surface area contributed by atoms with Crippen LogP contribution in [0, 0.1) is 0 Å². The number of rotatable bonds is 27. The summed E-state index contributed by atoms with van der Waals surface area (Å²) in [5, 5.41) is 0. The predicted molar refractivity (Wildman–Crippen MR) is 175 cm³/mol. The average molecular weight is 539 g/mol. The molecule has 1 unspecified atom stereocenters. The zero-order valence-corrected chi connectivity index (χ0v) is 26.4. The molecule has 0 saturated carbocycles. The molecule has 0 N–H and O–H groups in total. The van der Waals surface area contributed by atoms with Gasteiger partial charge in [0.1, 0.15) is 6.17 Å². The number of hydrogen-bond acceptors (Lipinski definition) is 2. The molecule has 0 aliphatic carbocycles. The van der Waals surface area contributed by atoms with Crippen molar-refractivity contribution in [1.82, 2.24) is 4.90 Å². The highest BCUT2D eigenvalue weighted by Crippen LogP contribution is 2.28. The number of unbranched alkanes of at least 4 members (excludes halogenated alkanes) is 22. The monoisotopic (exact) mass is 539 g/mol. The highest BCUT2D eigenvalue weighted by molar-refractivity contribution is 5.51. The third-order valence-corrected chi connectivity index (χ3v) is 8.76. The Labute approximate surface area is 245 Å². The summed E-state index contributed by atoms with van der Waals surface area (Å²) < 4.78 is 0. The second kappa shape index (κ2) is 24.4. The molecular formula is C37H66N2. The van der Waals surface area contributed by atoms with Gasteiger partial charge in [0.25, 0.3) is 0 Å². The molecule has 0 amide bonds. The van der Waals surface area contributed by atoms with Crippen LogP contribution in [0.25, 0.3) is 0 Å². The Kier molecular flexibility index (Phi) is 21.1. The fourth-order valence-corrected chi connectivity index (χ4v) is 6.21. The molecule has 0 fully saturated rings. The van der Waals surface area contributed by atoms with E-state index in [9.17, 15) is 0 Å². The van der Waals surface area contributed by atoms with Crippen LogP contribution in [0.1, 0.15) is 174 Å². The Balaban J connectivity index is 1.50. The van der Waals surface area contributed by atoms with Crippen LogP contribution in [-0.4, -0.2) is 17.6 Å². The normalized spacial score (nSPS) is 15.1. The van der Waals surface area contributed by atoms with Crippen molar-refractivity contribution in [2.75, 3.05) is 11.4 Å². The lowest BCUT2D eigenvalue weighted by atomic mass is 10.0. The summed E-state index contributed by atoms with van der Waals surface area (Å²) in [6, 6.07) is 11.0. The number of hydrogen-bond donors (Lipinski definition) is 0. The predicted octanol–water partition coefficient (Wildman–Crippen LogP) is 12.4. The van der Waals surface area contributed by atoms with Gasteiger partial charge in [0.15, 0.2) is 0 Å². The lowest BCUT2D eigenvalue weighted by molar-refractivity contribution is 0.273. The molecule has 1 heterocycles. The van der Waals surface area contributed by atoms with Gasteiger partial charge >= 0.3 is 0 Å². The fourth-order valence-electron chi connectivity index (χ4n) is 6.21. The smallest absolute Gasteiger partial charge is 0.105 e. The van der Waals surface area contributed by atoms with Crippen molar-refractivity contribution in [3.8, 4) is 0 Å². The van der Waals surface area contributed by atoms with Crippen LogP contribution < -0.4 is 4.90 Å². The van der Waals surface area contributed by atoms with E-state index in [1.807, 2.05) is 0 Å². The molecule has 1 atom stereocenters.